The van der Waals surface area contributed by atoms with Gasteiger partial charge in [0.1, 0.15) is 12.1 Å². The molecule has 2 aliphatic rings. The number of carbonyl (C=O) groups excluding carboxylic acids is 3. The maximum absolute atomic E-state index is 12.9. The van der Waals surface area contributed by atoms with E-state index in [-0.39, 0.29) is 24.1 Å². The van der Waals surface area contributed by atoms with Crippen molar-refractivity contribution in [2.45, 2.75) is 55.8 Å². The summed E-state index contributed by atoms with van der Waals surface area (Å²) in [5.41, 5.74) is -0.866. The zero-order valence-electron chi connectivity index (χ0n) is 15.6. The normalized spacial score (nSPS) is 19.4. The molecule has 1 aliphatic heterocycles. The topological polar surface area (TPSA) is 104 Å². The van der Waals surface area contributed by atoms with E-state index >= 15 is 0 Å². The van der Waals surface area contributed by atoms with Gasteiger partial charge >= 0.3 is 0 Å². The highest BCUT2D eigenvalue weighted by Gasteiger charge is 2.50. The first-order valence-corrected chi connectivity index (χ1v) is 11.1. The second-order valence-corrected chi connectivity index (χ2v) is 9.59. The van der Waals surface area contributed by atoms with Crippen LogP contribution >= 0.6 is 23.1 Å². The van der Waals surface area contributed by atoms with Gasteiger partial charge in [0.05, 0.1) is 5.75 Å². The van der Waals surface area contributed by atoms with Gasteiger partial charge in [-0.05, 0) is 18.8 Å². The SMILES string of the molecule is CC(C)CNc1nnc(SCC(=O)N2CC(=O)NC(=O)C23CCCCC3)s1. The van der Waals surface area contributed by atoms with Gasteiger partial charge in [0.15, 0.2) is 4.34 Å². The van der Waals surface area contributed by atoms with Crippen molar-refractivity contribution in [3.63, 3.8) is 0 Å². The minimum Gasteiger partial charge on any atom is -0.360 e. The Bertz CT molecular complexity index is 715. The third kappa shape index (κ3) is 4.60. The summed E-state index contributed by atoms with van der Waals surface area (Å²) in [6.45, 7) is 4.98. The molecule has 2 heterocycles. The molecule has 0 unspecified atom stereocenters. The zero-order valence-corrected chi connectivity index (χ0v) is 17.3. The van der Waals surface area contributed by atoms with Gasteiger partial charge < -0.3 is 10.2 Å². The minimum absolute atomic E-state index is 0.0531. The van der Waals surface area contributed by atoms with E-state index in [9.17, 15) is 14.4 Å². The molecule has 2 N–H and O–H groups in total. The Morgan fingerprint density at radius 2 is 2.04 bits per heavy atom. The molecule has 1 aliphatic carbocycles. The molecule has 3 rings (SSSR count). The van der Waals surface area contributed by atoms with E-state index in [1.807, 2.05) is 0 Å². The average Bonchev–Trinajstić information content (AvgIpc) is 3.10. The lowest BCUT2D eigenvalue weighted by atomic mass is 9.78. The Kier molecular flexibility index (Phi) is 6.36. The fraction of sp³-hybridized carbons (Fsp3) is 0.706. The third-order valence-electron chi connectivity index (χ3n) is 4.86. The summed E-state index contributed by atoms with van der Waals surface area (Å²) in [7, 11) is 0. The Balaban J connectivity index is 1.63. The first-order chi connectivity index (χ1) is 12.9. The summed E-state index contributed by atoms with van der Waals surface area (Å²) >= 11 is 2.70. The molecule has 10 heteroatoms. The average molecular weight is 412 g/mol. The molecule has 1 aromatic heterocycles. The van der Waals surface area contributed by atoms with Crippen molar-refractivity contribution in [1.29, 1.82) is 0 Å². The molecule has 8 nitrogen and oxygen atoms in total. The van der Waals surface area contributed by atoms with Crippen molar-refractivity contribution < 1.29 is 14.4 Å². The molecule has 148 valence electrons. The van der Waals surface area contributed by atoms with E-state index in [2.05, 4.69) is 34.7 Å². The van der Waals surface area contributed by atoms with Gasteiger partial charge in [-0.2, -0.15) is 0 Å². The highest BCUT2D eigenvalue weighted by atomic mass is 32.2. The van der Waals surface area contributed by atoms with Crippen LogP contribution in [0.2, 0.25) is 0 Å². The fourth-order valence-corrected chi connectivity index (χ4v) is 5.13. The number of aromatic nitrogens is 2. The number of piperazine rings is 1. The first-order valence-electron chi connectivity index (χ1n) is 9.25. The van der Waals surface area contributed by atoms with Crippen molar-refractivity contribution in [2.24, 2.45) is 5.92 Å². The number of nitrogens with zero attached hydrogens (tertiary/aromatic N) is 3. The summed E-state index contributed by atoms with van der Waals surface area (Å²) < 4.78 is 0.695. The quantitative estimate of drug-likeness (QED) is 0.544. The van der Waals surface area contributed by atoms with E-state index in [4.69, 9.17) is 0 Å². The van der Waals surface area contributed by atoms with Gasteiger partial charge in [0.2, 0.25) is 16.9 Å². The van der Waals surface area contributed by atoms with Crippen molar-refractivity contribution in [2.75, 3.05) is 24.2 Å². The standard InChI is InChI=1S/C17H25N5O3S2/c1-11(2)8-18-15-20-21-16(27-15)26-10-13(24)22-9-12(23)19-14(25)17(22)6-4-3-5-7-17/h11H,3-10H2,1-2H3,(H,18,20)(H,19,23,25). The molecule has 3 amide bonds. The number of thioether (sulfide) groups is 1. The van der Waals surface area contributed by atoms with Crippen LogP contribution in [0.5, 0.6) is 0 Å². The highest BCUT2D eigenvalue weighted by molar-refractivity contribution is 8.01. The van der Waals surface area contributed by atoms with Gasteiger partial charge in [-0.1, -0.05) is 56.2 Å². The van der Waals surface area contributed by atoms with Crippen LogP contribution in [0.4, 0.5) is 5.13 Å². The highest BCUT2D eigenvalue weighted by Crippen LogP contribution is 2.36. The van der Waals surface area contributed by atoms with Crippen LogP contribution in [-0.2, 0) is 14.4 Å². The molecule has 0 aromatic carbocycles. The predicted octanol–water partition coefficient (Wildman–Crippen LogP) is 1.89. The maximum Gasteiger partial charge on any atom is 0.252 e. The van der Waals surface area contributed by atoms with E-state index in [0.29, 0.717) is 23.1 Å². The molecule has 0 bridgehead atoms. The monoisotopic (exact) mass is 411 g/mol. The molecule has 1 aromatic rings. The van der Waals surface area contributed by atoms with Crippen molar-refractivity contribution in [1.82, 2.24) is 20.4 Å². The lowest BCUT2D eigenvalue weighted by molar-refractivity contribution is -0.158. The van der Waals surface area contributed by atoms with E-state index in [1.54, 1.807) is 0 Å². The van der Waals surface area contributed by atoms with E-state index < -0.39 is 11.4 Å². The van der Waals surface area contributed by atoms with Crippen LogP contribution in [0.25, 0.3) is 0 Å². The predicted molar refractivity (Wildman–Crippen MR) is 105 cm³/mol. The number of carbonyl (C=O) groups is 3. The lowest BCUT2D eigenvalue weighted by Gasteiger charge is -2.47. The number of rotatable bonds is 6. The summed E-state index contributed by atoms with van der Waals surface area (Å²) in [5.74, 6) is -0.294. The maximum atomic E-state index is 12.9. The Morgan fingerprint density at radius 1 is 1.30 bits per heavy atom. The number of hydrogen-bond donors (Lipinski definition) is 2. The summed E-state index contributed by atoms with van der Waals surface area (Å²) in [6, 6.07) is 0. The van der Waals surface area contributed by atoms with Gasteiger partial charge in [-0.25, -0.2) is 0 Å². The number of nitrogens with one attached hydrogen (secondary N) is 2. The molecule has 0 atom stereocenters. The van der Waals surface area contributed by atoms with Gasteiger partial charge in [-0.3, -0.25) is 19.7 Å². The van der Waals surface area contributed by atoms with Crippen molar-refractivity contribution in [3.8, 4) is 0 Å². The van der Waals surface area contributed by atoms with Crippen LogP contribution in [0.3, 0.4) is 0 Å². The van der Waals surface area contributed by atoms with E-state index in [1.165, 1.54) is 28.0 Å². The Labute approximate surface area is 166 Å². The number of anilines is 1. The number of amides is 3. The van der Waals surface area contributed by atoms with Crippen molar-refractivity contribution in [3.05, 3.63) is 0 Å². The minimum atomic E-state index is -0.866. The smallest absolute Gasteiger partial charge is 0.252 e. The summed E-state index contributed by atoms with van der Waals surface area (Å²) in [5, 5.41) is 14.5. The summed E-state index contributed by atoms with van der Waals surface area (Å²) in [6.07, 6.45) is 4.06. The summed E-state index contributed by atoms with van der Waals surface area (Å²) in [4.78, 5) is 38.8. The van der Waals surface area contributed by atoms with Crippen LogP contribution in [0.1, 0.15) is 46.0 Å². The Morgan fingerprint density at radius 3 is 2.74 bits per heavy atom. The van der Waals surface area contributed by atoms with Crippen LogP contribution in [-0.4, -0.2) is 57.2 Å². The van der Waals surface area contributed by atoms with Gasteiger partial charge in [-0.15, -0.1) is 10.2 Å². The van der Waals surface area contributed by atoms with Crippen LogP contribution in [0, 0.1) is 5.92 Å². The second kappa shape index (κ2) is 8.55. The molecule has 0 radical (unpaired) electrons. The van der Waals surface area contributed by atoms with Gasteiger partial charge in [0.25, 0.3) is 5.91 Å². The fourth-order valence-electron chi connectivity index (χ4n) is 3.49. The first kappa shape index (κ1) is 20.1. The molecular formula is C17H25N5O3S2. The van der Waals surface area contributed by atoms with Crippen LogP contribution in [0.15, 0.2) is 4.34 Å². The van der Waals surface area contributed by atoms with Gasteiger partial charge in [0, 0.05) is 6.54 Å². The molecule has 1 saturated carbocycles. The number of imide groups is 1. The molecular weight excluding hydrogens is 386 g/mol. The van der Waals surface area contributed by atoms with Crippen LogP contribution < -0.4 is 10.6 Å². The lowest BCUT2D eigenvalue weighted by Crippen LogP contribution is -2.69. The Hall–Kier alpha value is -1.68. The second-order valence-electron chi connectivity index (χ2n) is 7.39. The third-order valence-corrected chi connectivity index (χ3v) is 6.86. The largest absolute Gasteiger partial charge is 0.360 e. The molecule has 2 fully saturated rings. The molecule has 27 heavy (non-hydrogen) atoms. The molecule has 1 saturated heterocycles. The molecule has 1 spiro atoms. The zero-order chi connectivity index (χ0) is 19.4. The number of hydrogen-bond acceptors (Lipinski definition) is 8. The van der Waals surface area contributed by atoms with E-state index in [0.717, 1.165) is 30.9 Å². The van der Waals surface area contributed by atoms with Crippen molar-refractivity contribution >= 4 is 46.0 Å².